The standard InChI is InChI=1S/C18H26N4O4S/c1-4-7-19-18(24)20-17(23)13-21-8-10-22(11-9-21)27(25,26)16-6-5-14(2)12-15(16)3/h4-6,12H,1,7-11,13H2,2-3H3,(H2,19,20,23,24). The van der Waals surface area contributed by atoms with Gasteiger partial charge in [-0.2, -0.15) is 4.31 Å². The summed E-state index contributed by atoms with van der Waals surface area (Å²) in [7, 11) is -3.56. The molecular weight excluding hydrogens is 368 g/mol. The molecule has 0 unspecified atom stereocenters. The molecule has 2 rings (SSSR count). The average Bonchev–Trinajstić information content (AvgIpc) is 2.60. The Labute approximate surface area is 160 Å². The van der Waals surface area contributed by atoms with Gasteiger partial charge in [0.1, 0.15) is 0 Å². The fourth-order valence-corrected chi connectivity index (χ4v) is 4.56. The molecule has 1 aromatic rings. The highest BCUT2D eigenvalue weighted by Gasteiger charge is 2.30. The molecule has 9 heteroatoms. The van der Waals surface area contributed by atoms with Crippen LogP contribution in [0.2, 0.25) is 0 Å². The van der Waals surface area contributed by atoms with Gasteiger partial charge >= 0.3 is 6.03 Å². The van der Waals surface area contributed by atoms with Crippen molar-refractivity contribution in [3.8, 4) is 0 Å². The summed E-state index contributed by atoms with van der Waals surface area (Å²) < 4.78 is 27.2. The molecule has 0 aliphatic carbocycles. The maximum atomic E-state index is 12.9. The number of sulfonamides is 1. The summed E-state index contributed by atoms with van der Waals surface area (Å²) in [5, 5.41) is 4.69. The Bertz CT molecular complexity index is 815. The minimum Gasteiger partial charge on any atom is -0.334 e. The zero-order valence-electron chi connectivity index (χ0n) is 15.7. The number of carbonyl (C=O) groups is 2. The Morgan fingerprint density at radius 1 is 1.19 bits per heavy atom. The molecule has 0 bridgehead atoms. The normalized spacial score (nSPS) is 15.9. The van der Waals surface area contributed by atoms with Gasteiger partial charge in [0.2, 0.25) is 15.9 Å². The average molecular weight is 394 g/mol. The van der Waals surface area contributed by atoms with E-state index >= 15 is 0 Å². The number of nitrogens with one attached hydrogen (secondary N) is 2. The van der Waals surface area contributed by atoms with E-state index in [-0.39, 0.29) is 13.1 Å². The molecule has 0 radical (unpaired) electrons. The summed E-state index contributed by atoms with van der Waals surface area (Å²) in [6, 6.07) is 4.71. The second-order valence-electron chi connectivity index (χ2n) is 6.50. The van der Waals surface area contributed by atoms with Gasteiger partial charge in [0.25, 0.3) is 0 Å². The number of piperazine rings is 1. The molecule has 0 atom stereocenters. The molecule has 2 N–H and O–H groups in total. The lowest BCUT2D eigenvalue weighted by molar-refractivity contribution is -0.121. The lowest BCUT2D eigenvalue weighted by Crippen LogP contribution is -2.52. The number of carbonyl (C=O) groups excluding carboxylic acids is 2. The molecule has 148 valence electrons. The van der Waals surface area contributed by atoms with Gasteiger partial charge in [-0.15, -0.1) is 6.58 Å². The van der Waals surface area contributed by atoms with Crippen molar-refractivity contribution in [3.05, 3.63) is 42.0 Å². The molecule has 1 heterocycles. The van der Waals surface area contributed by atoms with Crippen LogP contribution >= 0.6 is 0 Å². The number of amides is 3. The Morgan fingerprint density at radius 2 is 1.85 bits per heavy atom. The fraction of sp³-hybridized carbons (Fsp3) is 0.444. The second-order valence-corrected chi connectivity index (χ2v) is 8.40. The zero-order chi connectivity index (χ0) is 20.0. The first-order valence-electron chi connectivity index (χ1n) is 8.72. The summed E-state index contributed by atoms with van der Waals surface area (Å²) in [6.07, 6.45) is 1.51. The SMILES string of the molecule is C=CCNC(=O)NC(=O)CN1CCN(S(=O)(=O)c2ccc(C)cc2C)CC1. The molecule has 27 heavy (non-hydrogen) atoms. The van der Waals surface area contributed by atoms with Crippen molar-refractivity contribution in [1.82, 2.24) is 19.8 Å². The molecular formula is C18H26N4O4S. The number of urea groups is 1. The van der Waals surface area contributed by atoms with Crippen LogP contribution in [0.15, 0.2) is 35.7 Å². The van der Waals surface area contributed by atoms with Crippen LogP contribution in [0.3, 0.4) is 0 Å². The number of nitrogens with zero attached hydrogens (tertiary/aromatic N) is 2. The van der Waals surface area contributed by atoms with Crippen molar-refractivity contribution in [2.45, 2.75) is 18.7 Å². The first-order chi connectivity index (χ1) is 12.7. The van der Waals surface area contributed by atoms with Crippen LogP contribution in [0.5, 0.6) is 0 Å². The van der Waals surface area contributed by atoms with Crippen LogP contribution < -0.4 is 10.6 Å². The highest BCUT2D eigenvalue weighted by molar-refractivity contribution is 7.89. The molecule has 1 aliphatic heterocycles. The van der Waals surface area contributed by atoms with E-state index in [1.165, 1.54) is 10.4 Å². The third kappa shape index (κ3) is 5.62. The van der Waals surface area contributed by atoms with Gasteiger partial charge in [-0.25, -0.2) is 13.2 Å². The number of rotatable bonds is 6. The Hall–Kier alpha value is -2.23. The molecule has 3 amide bonds. The van der Waals surface area contributed by atoms with Crippen LogP contribution in [0.25, 0.3) is 0 Å². The second kappa shape index (κ2) is 9.12. The van der Waals surface area contributed by atoms with Gasteiger partial charge in [0.05, 0.1) is 11.4 Å². The topological polar surface area (TPSA) is 98.8 Å². The summed E-state index contributed by atoms with van der Waals surface area (Å²) >= 11 is 0. The van der Waals surface area contributed by atoms with E-state index in [9.17, 15) is 18.0 Å². The van der Waals surface area contributed by atoms with Gasteiger partial charge in [0, 0.05) is 32.7 Å². The predicted molar refractivity (Wildman–Crippen MR) is 103 cm³/mol. The summed E-state index contributed by atoms with van der Waals surface area (Å²) in [5.74, 6) is -0.428. The highest BCUT2D eigenvalue weighted by atomic mass is 32.2. The van der Waals surface area contributed by atoms with E-state index in [1.807, 2.05) is 17.9 Å². The summed E-state index contributed by atoms with van der Waals surface area (Å²) in [5.41, 5.74) is 1.74. The molecule has 1 aromatic carbocycles. The number of benzene rings is 1. The molecule has 0 saturated carbocycles. The molecule has 0 aromatic heterocycles. The molecule has 1 fully saturated rings. The van der Waals surface area contributed by atoms with E-state index in [4.69, 9.17) is 0 Å². The first kappa shape index (κ1) is 21.1. The minimum absolute atomic E-state index is 0.0406. The van der Waals surface area contributed by atoms with Gasteiger partial charge < -0.3 is 5.32 Å². The minimum atomic E-state index is -3.56. The summed E-state index contributed by atoms with van der Waals surface area (Å²) in [4.78, 5) is 25.5. The van der Waals surface area contributed by atoms with Gasteiger partial charge in [0.15, 0.2) is 0 Å². The van der Waals surface area contributed by atoms with Crippen molar-refractivity contribution >= 4 is 22.0 Å². The van der Waals surface area contributed by atoms with E-state index in [0.717, 1.165) is 11.1 Å². The van der Waals surface area contributed by atoms with E-state index < -0.39 is 22.0 Å². The van der Waals surface area contributed by atoms with Crippen LogP contribution in [0, 0.1) is 13.8 Å². The summed E-state index contributed by atoms with van der Waals surface area (Å²) in [6.45, 7) is 8.94. The third-order valence-electron chi connectivity index (χ3n) is 4.31. The largest absolute Gasteiger partial charge is 0.334 e. The van der Waals surface area contributed by atoms with Crippen molar-refractivity contribution in [2.24, 2.45) is 0 Å². The molecule has 0 spiro atoms. The van der Waals surface area contributed by atoms with Crippen molar-refractivity contribution in [2.75, 3.05) is 39.3 Å². The monoisotopic (exact) mass is 394 g/mol. The van der Waals surface area contributed by atoms with E-state index in [1.54, 1.807) is 19.1 Å². The first-order valence-corrected chi connectivity index (χ1v) is 10.2. The van der Waals surface area contributed by atoms with Crippen LogP contribution in [0.4, 0.5) is 4.79 Å². The van der Waals surface area contributed by atoms with E-state index in [2.05, 4.69) is 17.2 Å². The molecule has 8 nitrogen and oxygen atoms in total. The quantitative estimate of drug-likeness (QED) is 0.690. The maximum Gasteiger partial charge on any atom is 0.321 e. The highest BCUT2D eigenvalue weighted by Crippen LogP contribution is 2.22. The van der Waals surface area contributed by atoms with Crippen LogP contribution in [0.1, 0.15) is 11.1 Å². The van der Waals surface area contributed by atoms with Crippen molar-refractivity contribution in [1.29, 1.82) is 0 Å². The third-order valence-corrected chi connectivity index (χ3v) is 6.37. The zero-order valence-corrected chi connectivity index (χ0v) is 16.5. The molecule has 1 saturated heterocycles. The van der Waals surface area contributed by atoms with Gasteiger partial charge in [-0.1, -0.05) is 23.8 Å². The van der Waals surface area contributed by atoms with E-state index in [0.29, 0.717) is 31.1 Å². The Morgan fingerprint density at radius 3 is 2.44 bits per heavy atom. The van der Waals surface area contributed by atoms with Gasteiger partial charge in [-0.05, 0) is 25.5 Å². The van der Waals surface area contributed by atoms with Crippen molar-refractivity contribution < 1.29 is 18.0 Å². The lowest BCUT2D eigenvalue weighted by atomic mass is 10.2. The Kier molecular flexibility index (Phi) is 7.11. The number of hydrogen-bond acceptors (Lipinski definition) is 5. The van der Waals surface area contributed by atoms with Crippen LogP contribution in [-0.2, 0) is 14.8 Å². The fourth-order valence-electron chi connectivity index (χ4n) is 2.93. The van der Waals surface area contributed by atoms with Gasteiger partial charge in [-0.3, -0.25) is 15.0 Å². The van der Waals surface area contributed by atoms with Crippen LogP contribution in [-0.4, -0.2) is 68.8 Å². The number of hydrogen-bond donors (Lipinski definition) is 2. The van der Waals surface area contributed by atoms with Crippen molar-refractivity contribution in [3.63, 3.8) is 0 Å². The molecule has 1 aliphatic rings. The number of imide groups is 1. The smallest absolute Gasteiger partial charge is 0.321 e. The predicted octanol–water partition coefficient (Wildman–Crippen LogP) is 0.622. The number of aryl methyl sites for hydroxylation is 2. The maximum absolute atomic E-state index is 12.9. The Balaban J connectivity index is 1.90. The lowest BCUT2D eigenvalue weighted by Gasteiger charge is -2.33.